The first-order chi connectivity index (χ1) is 7.33. The molecule has 0 saturated heterocycles. The summed E-state index contributed by atoms with van der Waals surface area (Å²) in [5.41, 5.74) is 2.21. The first-order valence-electron chi connectivity index (χ1n) is 5.03. The van der Waals surface area contributed by atoms with Gasteiger partial charge >= 0.3 is 0 Å². The topological polar surface area (TPSA) is 55.6 Å². The van der Waals surface area contributed by atoms with Gasteiger partial charge in [-0.25, -0.2) is 5.90 Å². The number of carbonyl (C=O) groups excluding carboxylic acids is 1. The highest BCUT2D eigenvalue weighted by Gasteiger charge is 2.21. The molecule has 2 rings (SSSR count). The summed E-state index contributed by atoms with van der Waals surface area (Å²) in [5, 5.41) is 0. The summed E-state index contributed by atoms with van der Waals surface area (Å²) in [6.45, 7) is 0.688. The molecule has 0 aromatic heterocycles. The van der Waals surface area contributed by atoms with E-state index < -0.39 is 0 Å². The lowest BCUT2D eigenvalue weighted by atomic mass is 10.0. The second kappa shape index (κ2) is 4.42. The van der Waals surface area contributed by atoms with E-state index in [1.165, 1.54) is 5.56 Å². The summed E-state index contributed by atoms with van der Waals surface area (Å²) in [6.07, 6.45) is 2.02. The predicted molar refractivity (Wildman–Crippen MR) is 57.3 cm³/mol. The summed E-state index contributed by atoms with van der Waals surface area (Å²) in [4.78, 5) is 17.8. The van der Waals surface area contributed by atoms with Crippen LogP contribution in [0.5, 0.6) is 0 Å². The minimum atomic E-state index is -0.0790. The van der Waals surface area contributed by atoms with Crippen molar-refractivity contribution in [3.05, 3.63) is 29.8 Å². The second-order valence-corrected chi connectivity index (χ2v) is 3.59. The Kier molecular flexibility index (Phi) is 2.99. The number of benzene rings is 1. The fourth-order valence-corrected chi connectivity index (χ4v) is 1.94. The number of fused-ring (bicyclic) bond motifs is 1. The maximum absolute atomic E-state index is 11.7. The summed E-state index contributed by atoms with van der Waals surface area (Å²) >= 11 is 0. The molecule has 0 radical (unpaired) electrons. The van der Waals surface area contributed by atoms with Crippen molar-refractivity contribution >= 4 is 11.6 Å². The fourth-order valence-electron chi connectivity index (χ4n) is 1.94. The molecule has 1 aliphatic rings. The number of aryl methyl sites for hydroxylation is 1. The van der Waals surface area contributed by atoms with Crippen LogP contribution in [-0.2, 0) is 16.1 Å². The van der Waals surface area contributed by atoms with Crippen molar-refractivity contribution in [2.24, 2.45) is 5.90 Å². The van der Waals surface area contributed by atoms with Crippen LogP contribution in [0.15, 0.2) is 24.3 Å². The van der Waals surface area contributed by atoms with Crippen molar-refractivity contribution in [3.8, 4) is 0 Å². The van der Waals surface area contributed by atoms with Crippen LogP contribution in [0, 0.1) is 0 Å². The van der Waals surface area contributed by atoms with Crippen molar-refractivity contribution in [2.45, 2.75) is 12.8 Å². The molecule has 0 aliphatic carbocycles. The molecule has 4 nitrogen and oxygen atoms in total. The maximum atomic E-state index is 11.7. The summed E-state index contributed by atoms with van der Waals surface area (Å²) in [7, 11) is 0. The smallest absolute Gasteiger partial charge is 0.255 e. The third-order valence-electron chi connectivity index (χ3n) is 2.62. The van der Waals surface area contributed by atoms with Gasteiger partial charge in [0.1, 0.15) is 6.61 Å². The standard InChI is InChI=1S/C11H14N2O2/c12-15-8-11(14)13-7-3-5-9-4-1-2-6-10(9)13/h1-2,4,6H,3,5,7-8,12H2. The largest absolute Gasteiger partial charge is 0.310 e. The van der Waals surface area contributed by atoms with Gasteiger partial charge in [0.2, 0.25) is 0 Å². The number of nitrogens with zero attached hydrogens (tertiary/aromatic N) is 1. The quantitative estimate of drug-likeness (QED) is 0.730. The molecule has 0 saturated carbocycles. The van der Waals surface area contributed by atoms with Gasteiger partial charge < -0.3 is 4.90 Å². The Morgan fingerprint density at radius 1 is 1.47 bits per heavy atom. The molecule has 4 heteroatoms. The van der Waals surface area contributed by atoms with Crippen LogP contribution < -0.4 is 10.8 Å². The molecule has 1 aromatic rings. The summed E-state index contributed by atoms with van der Waals surface area (Å²) in [6, 6.07) is 7.95. The Labute approximate surface area is 88.6 Å². The van der Waals surface area contributed by atoms with Gasteiger partial charge in [0, 0.05) is 12.2 Å². The molecule has 1 amide bonds. The highest BCUT2D eigenvalue weighted by atomic mass is 16.6. The van der Waals surface area contributed by atoms with Crippen molar-refractivity contribution in [2.75, 3.05) is 18.1 Å². The number of nitrogens with two attached hydrogens (primary N) is 1. The normalized spacial score (nSPS) is 14.9. The lowest BCUT2D eigenvalue weighted by molar-refractivity contribution is -0.123. The van der Waals surface area contributed by atoms with Gasteiger partial charge in [-0.1, -0.05) is 18.2 Å². The van der Waals surface area contributed by atoms with Crippen LogP contribution in [0.25, 0.3) is 0 Å². The Hall–Kier alpha value is -1.39. The van der Waals surface area contributed by atoms with Crippen LogP contribution in [0.1, 0.15) is 12.0 Å². The van der Waals surface area contributed by atoms with Crippen LogP contribution in [0.4, 0.5) is 5.69 Å². The number of para-hydroxylation sites is 1. The van der Waals surface area contributed by atoms with E-state index in [2.05, 4.69) is 10.9 Å². The van der Waals surface area contributed by atoms with Crippen molar-refractivity contribution < 1.29 is 9.63 Å². The van der Waals surface area contributed by atoms with Gasteiger partial charge in [0.15, 0.2) is 0 Å². The third kappa shape index (κ3) is 2.00. The van der Waals surface area contributed by atoms with Gasteiger partial charge in [-0.05, 0) is 24.5 Å². The molecule has 80 valence electrons. The van der Waals surface area contributed by atoms with Crippen LogP contribution in [0.3, 0.4) is 0 Å². The number of amides is 1. The lowest BCUT2D eigenvalue weighted by Gasteiger charge is -2.29. The molecular weight excluding hydrogens is 192 g/mol. The van der Waals surface area contributed by atoms with Gasteiger partial charge in [0.25, 0.3) is 5.91 Å². The SMILES string of the molecule is NOCC(=O)N1CCCc2ccccc21. The number of anilines is 1. The molecule has 0 atom stereocenters. The Morgan fingerprint density at radius 3 is 3.07 bits per heavy atom. The third-order valence-corrected chi connectivity index (χ3v) is 2.62. The average Bonchev–Trinajstić information content (AvgIpc) is 2.28. The number of hydrogen-bond acceptors (Lipinski definition) is 3. The van der Waals surface area contributed by atoms with Crippen LogP contribution >= 0.6 is 0 Å². The predicted octanol–water partition coefficient (Wildman–Crippen LogP) is 0.856. The van der Waals surface area contributed by atoms with E-state index in [4.69, 9.17) is 5.90 Å². The Balaban J connectivity index is 2.25. The van der Waals surface area contributed by atoms with E-state index in [-0.39, 0.29) is 12.5 Å². The van der Waals surface area contributed by atoms with Crippen LogP contribution in [-0.4, -0.2) is 19.1 Å². The summed E-state index contributed by atoms with van der Waals surface area (Å²) < 4.78 is 0. The summed E-state index contributed by atoms with van der Waals surface area (Å²) in [5.74, 6) is 4.83. The molecule has 1 aliphatic heterocycles. The van der Waals surface area contributed by atoms with Crippen molar-refractivity contribution in [3.63, 3.8) is 0 Å². The van der Waals surface area contributed by atoms with E-state index in [0.717, 1.165) is 25.1 Å². The van der Waals surface area contributed by atoms with E-state index in [1.54, 1.807) is 4.90 Å². The molecule has 0 spiro atoms. The zero-order valence-corrected chi connectivity index (χ0v) is 8.48. The van der Waals surface area contributed by atoms with Gasteiger partial charge in [-0.3, -0.25) is 9.63 Å². The Bertz CT molecular complexity index is 365. The number of carbonyl (C=O) groups is 1. The minimum absolute atomic E-state index is 0.0612. The molecule has 0 unspecified atom stereocenters. The van der Waals surface area contributed by atoms with Gasteiger partial charge in [0.05, 0.1) is 0 Å². The highest BCUT2D eigenvalue weighted by Crippen LogP contribution is 2.26. The second-order valence-electron chi connectivity index (χ2n) is 3.59. The van der Waals surface area contributed by atoms with E-state index in [9.17, 15) is 4.79 Å². The minimum Gasteiger partial charge on any atom is -0.310 e. The van der Waals surface area contributed by atoms with E-state index >= 15 is 0 Å². The monoisotopic (exact) mass is 206 g/mol. The van der Waals surface area contributed by atoms with E-state index in [1.807, 2.05) is 18.2 Å². The first kappa shape index (κ1) is 10.1. The highest BCUT2D eigenvalue weighted by molar-refractivity contribution is 5.95. The van der Waals surface area contributed by atoms with Crippen molar-refractivity contribution in [1.82, 2.24) is 0 Å². The fraction of sp³-hybridized carbons (Fsp3) is 0.364. The molecule has 2 N–H and O–H groups in total. The molecule has 0 bridgehead atoms. The molecule has 15 heavy (non-hydrogen) atoms. The zero-order valence-electron chi connectivity index (χ0n) is 8.48. The lowest BCUT2D eigenvalue weighted by Crippen LogP contribution is -2.38. The van der Waals surface area contributed by atoms with Crippen LogP contribution in [0.2, 0.25) is 0 Å². The molecule has 1 heterocycles. The zero-order chi connectivity index (χ0) is 10.7. The molecular formula is C11H14N2O2. The number of hydrogen-bond donors (Lipinski definition) is 1. The average molecular weight is 206 g/mol. The molecule has 1 aromatic carbocycles. The number of rotatable bonds is 2. The van der Waals surface area contributed by atoms with Gasteiger partial charge in [-0.15, -0.1) is 0 Å². The Morgan fingerprint density at radius 2 is 2.27 bits per heavy atom. The van der Waals surface area contributed by atoms with Gasteiger partial charge in [-0.2, -0.15) is 0 Å². The maximum Gasteiger partial charge on any atom is 0.255 e. The van der Waals surface area contributed by atoms with Crippen molar-refractivity contribution in [1.29, 1.82) is 0 Å². The molecule has 0 fully saturated rings. The van der Waals surface area contributed by atoms with E-state index in [0.29, 0.717) is 0 Å². The first-order valence-corrected chi connectivity index (χ1v) is 5.03.